The molecule has 4 rings (SSSR count). The number of guanidine groups is 1. The molecule has 2 aromatic carbocycles. The van der Waals surface area contributed by atoms with Crippen molar-refractivity contribution in [3.05, 3.63) is 102 Å². The number of aromatic nitrogens is 1. The van der Waals surface area contributed by atoms with E-state index in [9.17, 15) is 14.4 Å². The molecule has 196 valence electrons. The van der Waals surface area contributed by atoms with Crippen molar-refractivity contribution in [2.24, 2.45) is 0 Å². The Balaban J connectivity index is 1.35. The molecule has 1 atom stereocenters. The number of amides is 3. The zero-order valence-corrected chi connectivity index (χ0v) is 20.8. The summed E-state index contributed by atoms with van der Waals surface area (Å²) >= 11 is 0. The summed E-state index contributed by atoms with van der Waals surface area (Å²) in [5, 5.41) is 25.8. The van der Waals surface area contributed by atoms with Gasteiger partial charge in [-0.05, 0) is 36.1 Å². The van der Waals surface area contributed by atoms with Gasteiger partial charge in [0.15, 0.2) is 11.5 Å². The summed E-state index contributed by atoms with van der Waals surface area (Å²) in [4.78, 5) is 43.1. The molecule has 1 saturated heterocycles. The van der Waals surface area contributed by atoms with Gasteiger partial charge in [-0.2, -0.15) is 0 Å². The second-order valence-corrected chi connectivity index (χ2v) is 8.94. The van der Waals surface area contributed by atoms with E-state index in [2.05, 4.69) is 20.9 Å². The Morgan fingerprint density at radius 3 is 2.18 bits per heavy atom. The van der Waals surface area contributed by atoms with Crippen LogP contribution >= 0.6 is 0 Å². The largest absolute Gasteiger partial charge is 0.465 e. The van der Waals surface area contributed by atoms with Gasteiger partial charge >= 0.3 is 6.09 Å². The molecule has 0 unspecified atom stereocenters. The Morgan fingerprint density at radius 2 is 1.61 bits per heavy atom. The fourth-order valence-corrected chi connectivity index (χ4v) is 4.57. The standard InChI is InChI=1S/C28H30N6O4/c29-26-33-28(20-11-3-1-4-12-20,21-13-5-2-6-14-21)25(36)34(26)18-10-9-17-31-24(35)23(32-27(37)38)19-22-15-7-8-16-30-22/h1-8,11-16,23,32H,9-10,17-19H2,(H2,29,33)(H,31,35)(H,37,38)/t23-/m0/s1. The van der Waals surface area contributed by atoms with Crippen LogP contribution in [0.4, 0.5) is 4.79 Å². The van der Waals surface area contributed by atoms with E-state index in [0.717, 1.165) is 11.1 Å². The highest BCUT2D eigenvalue weighted by molar-refractivity contribution is 6.10. The molecule has 0 saturated carbocycles. The quantitative estimate of drug-likeness (QED) is 0.248. The molecule has 3 amide bonds. The highest BCUT2D eigenvalue weighted by Crippen LogP contribution is 2.35. The van der Waals surface area contributed by atoms with Crippen molar-refractivity contribution in [3.63, 3.8) is 0 Å². The van der Waals surface area contributed by atoms with Gasteiger partial charge in [0, 0.05) is 31.4 Å². The Bertz CT molecular complexity index is 1230. The number of carboxylic acid groups (broad SMARTS) is 1. The lowest BCUT2D eigenvalue weighted by atomic mass is 9.82. The lowest BCUT2D eigenvalue weighted by Gasteiger charge is -2.28. The molecule has 10 heteroatoms. The van der Waals surface area contributed by atoms with Gasteiger partial charge in [0.1, 0.15) is 6.04 Å². The van der Waals surface area contributed by atoms with Crippen LogP contribution in [0.15, 0.2) is 85.1 Å². The van der Waals surface area contributed by atoms with E-state index in [1.165, 1.54) is 4.90 Å². The topological polar surface area (TPSA) is 148 Å². The van der Waals surface area contributed by atoms with E-state index in [4.69, 9.17) is 10.5 Å². The number of rotatable bonds is 11. The van der Waals surface area contributed by atoms with Gasteiger partial charge in [-0.25, -0.2) is 4.79 Å². The van der Waals surface area contributed by atoms with Gasteiger partial charge in [0.2, 0.25) is 5.91 Å². The highest BCUT2D eigenvalue weighted by atomic mass is 16.4. The number of pyridine rings is 1. The highest BCUT2D eigenvalue weighted by Gasteiger charge is 2.51. The Kier molecular flexibility index (Phi) is 8.32. The van der Waals surface area contributed by atoms with Crippen molar-refractivity contribution in [2.75, 3.05) is 13.1 Å². The molecule has 1 fully saturated rings. The fourth-order valence-electron chi connectivity index (χ4n) is 4.57. The minimum Gasteiger partial charge on any atom is -0.465 e. The van der Waals surface area contributed by atoms with Crippen LogP contribution in [0.1, 0.15) is 29.7 Å². The predicted octanol–water partition coefficient (Wildman–Crippen LogP) is 2.47. The third-order valence-electron chi connectivity index (χ3n) is 6.42. The third kappa shape index (κ3) is 5.80. The van der Waals surface area contributed by atoms with Crippen molar-refractivity contribution in [1.29, 1.82) is 5.41 Å². The summed E-state index contributed by atoms with van der Waals surface area (Å²) in [6.45, 7) is 0.594. The fraction of sp³-hybridized carbons (Fsp3) is 0.250. The molecule has 1 aliphatic rings. The first-order chi connectivity index (χ1) is 18.4. The van der Waals surface area contributed by atoms with Gasteiger partial charge in [-0.1, -0.05) is 66.7 Å². The van der Waals surface area contributed by atoms with Gasteiger partial charge < -0.3 is 21.1 Å². The van der Waals surface area contributed by atoms with Crippen LogP contribution in [-0.4, -0.2) is 58.0 Å². The Hall–Kier alpha value is -4.73. The summed E-state index contributed by atoms with van der Waals surface area (Å²) < 4.78 is 0. The molecular weight excluding hydrogens is 484 g/mol. The van der Waals surface area contributed by atoms with Crippen molar-refractivity contribution in [3.8, 4) is 0 Å². The first-order valence-corrected chi connectivity index (χ1v) is 12.4. The maximum absolute atomic E-state index is 13.8. The summed E-state index contributed by atoms with van der Waals surface area (Å²) in [5.41, 5.74) is 0.913. The molecular formula is C28H30N6O4. The van der Waals surface area contributed by atoms with E-state index in [-0.39, 0.29) is 18.3 Å². The van der Waals surface area contributed by atoms with Crippen molar-refractivity contribution in [2.45, 2.75) is 30.8 Å². The van der Waals surface area contributed by atoms with Crippen molar-refractivity contribution in [1.82, 2.24) is 25.8 Å². The van der Waals surface area contributed by atoms with Crippen LogP contribution in [0.25, 0.3) is 0 Å². The molecule has 10 nitrogen and oxygen atoms in total. The van der Waals surface area contributed by atoms with Crippen molar-refractivity contribution < 1.29 is 19.5 Å². The average molecular weight is 515 g/mol. The minimum absolute atomic E-state index is 0.0211. The molecule has 1 aliphatic heterocycles. The zero-order valence-electron chi connectivity index (χ0n) is 20.8. The summed E-state index contributed by atoms with van der Waals surface area (Å²) in [6.07, 6.45) is 1.50. The van der Waals surface area contributed by atoms with E-state index in [1.807, 2.05) is 60.7 Å². The molecule has 0 radical (unpaired) electrons. The molecule has 2 heterocycles. The minimum atomic E-state index is -1.29. The summed E-state index contributed by atoms with van der Waals surface area (Å²) in [7, 11) is 0. The first kappa shape index (κ1) is 26.3. The molecule has 1 aromatic heterocycles. The van der Waals surface area contributed by atoms with E-state index < -0.39 is 23.6 Å². The number of hydrogen-bond acceptors (Lipinski definition) is 5. The summed E-state index contributed by atoms with van der Waals surface area (Å²) in [6, 6.07) is 23.0. The van der Waals surface area contributed by atoms with E-state index in [0.29, 0.717) is 31.6 Å². The van der Waals surface area contributed by atoms with E-state index >= 15 is 0 Å². The molecule has 3 aromatic rings. The normalized spacial score (nSPS) is 15.0. The SMILES string of the molecule is N=C1NC(c2ccccc2)(c2ccccc2)C(=O)N1CCCCNC(=O)[C@H](Cc1ccccn1)NC(=O)O. The predicted molar refractivity (Wildman–Crippen MR) is 141 cm³/mol. The van der Waals surface area contributed by atoms with Crippen LogP contribution in [0.3, 0.4) is 0 Å². The van der Waals surface area contributed by atoms with Crippen LogP contribution in [0.5, 0.6) is 0 Å². The molecule has 38 heavy (non-hydrogen) atoms. The Morgan fingerprint density at radius 1 is 0.974 bits per heavy atom. The second kappa shape index (κ2) is 12.0. The zero-order chi connectivity index (χ0) is 27.0. The third-order valence-corrected chi connectivity index (χ3v) is 6.42. The van der Waals surface area contributed by atoms with Crippen LogP contribution < -0.4 is 16.0 Å². The van der Waals surface area contributed by atoms with Gasteiger partial charge in [0.25, 0.3) is 5.91 Å². The van der Waals surface area contributed by atoms with Crippen LogP contribution in [0.2, 0.25) is 0 Å². The van der Waals surface area contributed by atoms with E-state index in [1.54, 1.807) is 24.4 Å². The monoisotopic (exact) mass is 514 g/mol. The Labute approximate surface area is 220 Å². The van der Waals surface area contributed by atoms with Gasteiger partial charge in [0.05, 0.1) is 0 Å². The number of carbonyl (C=O) groups is 3. The van der Waals surface area contributed by atoms with Crippen molar-refractivity contribution >= 4 is 23.9 Å². The maximum atomic E-state index is 13.8. The van der Waals surface area contributed by atoms with Gasteiger partial charge in [-0.3, -0.25) is 24.9 Å². The lowest BCUT2D eigenvalue weighted by molar-refractivity contribution is -0.130. The van der Waals surface area contributed by atoms with Gasteiger partial charge in [-0.15, -0.1) is 0 Å². The number of unbranched alkanes of at least 4 members (excludes halogenated alkanes) is 1. The number of nitrogens with zero attached hydrogens (tertiary/aromatic N) is 2. The first-order valence-electron chi connectivity index (χ1n) is 12.4. The maximum Gasteiger partial charge on any atom is 0.405 e. The number of nitrogens with one attached hydrogen (secondary N) is 4. The number of benzene rings is 2. The molecule has 0 bridgehead atoms. The molecule has 5 N–H and O–H groups in total. The summed E-state index contributed by atoms with van der Waals surface area (Å²) in [5.74, 6) is -0.658. The van der Waals surface area contributed by atoms with Crippen LogP contribution in [-0.2, 0) is 21.5 Å². The second-order valence-electron chi connectivity index (χ2n) is 8.94. The van der Waals surface area contributed by atoms with Crippen LogP contribution in [0, 0.1) is 5.41 Å². The lowest BCUT2D eigenvalue weighted by Crippen LogP contribution is -2.48. The molecule has 0 spiro atoms. The number of hydrogen-bond donors (Lipinski definition) is 5. The molecule has 0 aliphatic carbocycles. The smallest absolute Gasteiger partial charge is 0.405 e. The average Bonchev–Trinajstić information content (AvgIpc) is 3.19. The number of carbonyl (C=O) groups excluding carboxylic acids is 2.